The van der Waals surface area contributed by atoms with Gasteiger partial charge in [0.25, 0.3) is 0 Å². The number of thioether (sulfide) groups is 4. The van der Waals surface area contributed by atoms with Gasteiger partial charge in [-0.2, -0.15) is 48.8 Å². The molecule has 0 saturated carbocycles. The summed E-state index contributed by atoms with van der Waals surface area (Å²) in [6.07, 6.45) is 2.32. The van der Waals surface area contributed by atoms with Crippen LogP contribution in [0.4, 0.5) is 0 Å². The third kappa shape index (κ3) is 7.21. The van der Waals surface area contributed by atoms with E-state index in [0.717, 1.165) is 23.3 Å². The summed E-state index contributed by atoms with van der Waals surface area (Å²) in [5, 5.41) is 1.61. The third-order valence-corrected chi connectivity index (χ3v) is 10.5. The fourth-order valence-electron chi connectivity index (χ4n) is 1.57. The SMILES string of the molecule is CCC(S)SCC1SCCSC1CSC(S)CC. The molecule has 0 nitrogen and oxygen atoms in total. The normalized spacial score (nSPS) is 28.0. The first kappa shape index (κ1) is 18.1. The molecule has 0 aliphatic carbocycles. The van der Waals surface area contributed by atoms with Crippen molar-refractivity contribution in [1.29, 1.82) is 0 Å². The molecule has 0 amide bonds. The Hall–Kier alpha value is 2.10. The molecule has 4 unspecified atom stereocenters. The van der Waals surface area contributed by atoms with E-state index in [1.165, 1.54) is 23.0 Å². The Labute approximate surface area is 141 Å². The second-order valence-electron chi connectivity index (χ2n) is 4.21. The summed E-state index contributed by atoms with van der Waals surface area (Å²) in [5.41, 5.74) is 0. The van der Waals surface area contributed by atoms with Crippen LogP contribution in [0.3, 0.4) is 0 Å². The van der Waals surface area contributed by atoms with Gasteiger partial charge >= 0.3 is 0 Å². The van der Waals surface area contributed by atoms with Gasteiger partial charge in [-0.3, -0.25) is 0 Å². The summed E-state index contributed by atoms with van der Waals surface area (Å²) in [5.74, 6) is 5.15. The molecule has 0 aromatic carbocycles. The highest BCUT2D eigenvalue weighted by atomic mass is 32.2. The molecule has 0 aromatic heterocycles. The van der Waals surface area contributed by atoms with Crippen LogP contribution in [0.2, 0.25) is 0 Å². The van der Waals surface area contributed by atoms with E-state index < -0.39 is 0 Å². The highest BCUT2D eigenvalue weighted by Crippen LogP contribution is 2.37. The average Bonchev–Trinajstić information content (AvgIpc) is 2.42. The summed E-state index contributed by atoms with van der Waals surface area (Å²) in [6.45, 7) is 4.43. The molecule has 1 aliphatic heterocycles. The molecule has 108 valence electrons. The molecule has 0 aromatic rings. The first-order chi connectivity index (χ1) is 8.67. The van der Waals surface area contributed by atoms with Crippen LogP contribution in [0, 0.1) is 0 Å². The lowest BCUT2D eigenvalue weighted by atomic mass is 10.3. The van der Waals surface area contributed by atoms with Crippen molar-refractivity contribution in [3.05, 3.63) is 0 Å². The molecule has 1 saturated heterocycles. The van der Waals surface area contributed by atoms with E-state index >= 15 is 0 Å². The van der Waals surface area contributed by atoms with Gasteiger partial charge in [0.2, 0.25) is 0 Å². The van der Waals surface area contributed by atoms with Crippen LogP contribution in [0.5, 0.6) is 0 Å². The van der Waals surface area contributed by atoms with Crippen molar-refractivity contribution < 1.29 is 0 Å². The Kier molecular flexibility index (Phi) is 10.9. The van der Waals surface area contributed by atoms with Gasteiger partial charge in [0.05, 0.1) is 0 Å². The van der Waals surface area contributed by atoms with Crippen LogP contribution in [0.1, 0.15) is 26.7 Å². The molecule has 1 aliphatic rings. The number of rotatable bonds is 8. The number of hydrogen-bond acceptors (Lipinski definition) is 6. The van der Waals surface area contributed by atoms with Crippen molar-refractivity contribution in [3.63, 3.8) is 0 Å². The monoisotopic (exact) mass is 360 g/mol. The molecule has 18 heavy (non-hydrogen) atoms. The molecule has 4 atom stereocenters. The molecule has 0 bridgehead atoms. The van der Waals surface area contributed by atoms with Gasteiger partial charge in [0.1, 0.15) is 0 Å². The number of hydrogen-bond donors (Lipinski definition) is 2. The Bertz CT molecular complexity index is 191. The summed E-state index contributed by atoms with van der Waals surface area (Å²) in [4.78, 5) is 0. The third-order valence-electron chi connectivity index (χ3n) is 2.77. The molecule has 0 N–H and O–H groups in total. The van der Waals surface area contributed by atoms with Crippen molar-refractivity contribution in [2.24, 2.45) is 0 Å². The van der Waals surface area contributed by atoms with Gasteiger partial charge in [-0.05, 0) is 12.8 Å². The van der Waals surface area contributed by atoms with Crippen LogP contribution in [0.15, 0.2) is 0 Å². The highest BCUT2D eigenvalue weighted by Gasteiger charge is 2.27. The second-order valence-corrected chi connectivity index (χ2v) is 11.3. The minimum absolute atomic E-state index is 0.513. The van der Waals surface area contributed by atoms with Gasteiger partial charge in [0, 0.05) is 42.7 Å². The van der Waals surface area contributed by atoms with Crippen LogP contribution in [0.25, 0.3) is 0 Å². The van der Waals surface area contributed by atoms with Crippen molar-refractivity contribution in [2.75, 3.05) is 23.0 Å². The van der Waals surface area contributed by atoms with Crippen LogP contribution in [-0.2, 0) is 0 Å². The average molecular weight is 361 g/mol. The lowest BCUT2D eigenvalue weighted by Crippen LogP contribution is -2.30. The van der Waals surface area contributed by atoms with Gasteiger partial charge in [-0.15, -0.1) is 23.5 Å². The molecule has 0 radical (unpaired) electrons. The predicted octanol–water partition coefficient (Wildman–Crippen LogP) is 5.00. The molecular formula is C12H24S6. The van der Waals surface area contributed by atoms with Crippen LogP contribution >= 0.6 is 72.3 Å². The maximum absolute atomic E-state index is 4.59. The zero-order chi connectivity index (χ0) is 13.4. The molecular weight excluding hydrogens is 337 g/mol. The molecule has 6 heteroatoms. The minimum atomic E-state index is 0.513. The summed E-state index contributed by atoms with van der Waals surface area (Å²) >= 11 is 17.6. The van der Waals surface area contributed by atoms with E-state index in [9.17, 15) is 0 Å². The fourth-order valence-corrected chi connectivity index (χ4v) is 7.80. The lowest BCUT2D eigenvalue weighted by Gasteiger charge is -2.31. The van der Waals surface area contributed by atoms with Crippen molar-refractivity contribution in [3.8, 4) is 0 Å². The van der Waals surface area contributed by atoms with Crippen LogP contribution < -0.4 is 0 Å². The maximum atomic E-state index is 4.59. The summed E-state index contributed by atoms with van der Waals surface area (Å²) in [7, 11) is 0. The second kappa shape index (κ2) is 10.8. The molecule has 1 fully saturated rings. The fraction of sp³-hybridized carbons (Fsp3) is 1.00. The Morgan fingerprint density at radius 1 is 0.944 bits per heavy atom. The maximum Gasteiger partial charge on any atom is 0.0470 e. The molecule has 0 spiro atoms. The first-order valence-corrected chi connectivity index (χ1v) is 11.7. The van der Waals surface area contributed by atoms with Crippen LogP contribution in [-0.4, -0.2) is 42.7 Å². The zero-order valence-electron chi connectivity index (χ0n) is 11.1. The Balaban J connectivity index is 2.32. The largest absolute Gasteiger partial charge is 0.165 e. The van der Waals surface area contributed by atoms with Crippen molar-refractivity contribution in [2.45, 2.75) is 46.4 Å². The van der Waals surface area contributed by atoms with Gasteiger partial charge in [-0.1, -0.05) is 13.8 Å². The summed E-state index contributed by atoms with van der Waals surface area (Å²) in [6, 6.07) is 0. The Morgan fingerprint density at radius 2 is 1.33 bits per heavy atom. The standard InChI is InChI=1S/C12H24S6/c1-3-11(13)17-7-9-10(16-6-5-15-9)8-18-12(14)4-2/h9-14H,3-8H2,1-2H3. The first-order valence-electron chi connectivity index (χ1n) is 6.49. The zero-order valence-corrected chi connectivity index (χ0v) is 16.1. The van der Waals surface area contributed by atoms with E-state index in [1.807, 2.05) is 23.5 Å². The topological polar surface area (TPSA) is 0 Å². The van der Waals surface area contributed by atoms with Crippen molar-refractivity contribution >= 4 is 72.3 Å². The smallest absolute Gasteiger partial charge is 0.0470 e. The van der Waals surface area contributed by atoms with E-state index in [1.54, 1.807) is 0 Å². The molecule has 1 heterocycles. The minimum Gasteiger partial charge on any atom is -0.165 e. The summed E-state index contributed by atoms with van der Waals surface area (Å²) < 4.78 is 1.03. The molecule has 1 rings (SSSR count). The lowest BCUT2D eigenvalue weighted by molar-refractivity contribution is 0.931. The van der Waals surface area contributed by atoms with Gasteiger partial charge in [0.15, 0.2) is 0 Å². The Morgan fingerprint density at radius 3 is 1.67 bits per heavy atom. The van der Waals surface area contributed by atoms with E-state index in [-0.39, 0.29) is 0 Å². The van der Waals surface area contributed by atoms with E-state index in [2.05, 4.69) is 62.6 Å². The number of thiol groups is 2. The van der Waals surface area contributed by atoms with Gasteiger partial charge < -0.3 is 0 Å². The highest BCUT2D eigenvalue weighted by molar-refractivity contribution is 8.13. The predicted molar refractivity (Wildman–Crippen MR) is 104 cm³/mol. The van der Waals surface area contributed by atoms with E-state index in [4.69, 9.17) is 0 Å². The quantitative estimate of drug-likeness (QED) is 0.461. The van der Waals surface area contributed by atoms with E-state index in [0.29, 0.717) is 9.16 Å². The van der Waals surface area contributed by atoms with Crippen molar-refractivity contribution in [1.82, 2.24) is 0 Å². The van der Waals surface area contributed by atoms with Gasteiger partial charge in [-0.25, -0.2) is 0 Å².